The number of benzene rings is 1. The highest BCUT2D eigenvalue weighted by atomic mass is 32.1. The lowest BCUT2D eigenvalue weighted by molar-refractivity contribution is -0.154. The summed E-state index contributed by atoms with van der Waals surface area (Å²) in [5.41, 5.74) is 4.66. The van der Waals surface area contributed by atoms with Gasteiger partial charge < -0.3 is 14.2 Å². The number of ether oxygens (including phenoxy) is 3. The average molecular weight is 403 g/mol. The molecule has 2 heterocycles. The minimum absolute atomic E-state index is 0.0193. The number of thiophene rings is 1. The van der Waals surface area contributed by atoms with E-state index in [1.807, 2.05) is 25.2 Å². The third-order valence-corrected chi connectivity index (χ3v) is 6.13. The highest BCUT2D eigenvalue weighted by Gasteiger charge is 2.26. The molecule has 0 saturated heterocycles. The Morgan fingerprint density at radius 2 is 2.04 bits per heavy atom. The molecule has 28 heavy (non-hydrogen) atoms. The largest absolute Gasteiger partial charge is 0.493 e. The number of hydrogen-bond acceptors (Lipinski definition) is 5. The second kappa shape index (κ2) is 8.66. The summed E-state index contributed by atoms with van der Waals surface area (Å²) in [6.07, 6.45) is 2.88. The van der Waals surface area contributed by atoms with Crippen molar-refractivity contribution in [2.45, 2.75) is 59.5 Å². The summed E-state index contributed by atoms with van der Waals surface area (Å²) in [4.78, 5) is 14.3. The van der Waals surface area contributed by atoms with E-state index in [4.69, 9.17) is 14.2 Å². The third kappa shape index (κ3) is 4.76. The summed E-state index contributed by atoms with van der Waals surface area (Å²) < 4.78 is 16.7. The molecule has 2 aromatic rings. The fraction of sp³-hybridized carbons (Fsp3) is 0.522. The molecule has 0 aliphatic carbocycles. The normalized spacial score (nSPS) is 13.8. The van der Waals surface area contributed by atoms with Crippen LogP contribution in [0.5, 0.6) is 5.75 Å². The zero-order chi connectivity index (χ0) is 20.3. The van der Waals surface area contributed by atoms with Gasteiger partial charge in [0.25, 0.3) is 0 Å². The molecule has 1 aromatic heterocycles. The van der Waals surface area contributed by atoms with Gasteiger partial charge >= 0.3 is 5.97 Å². The van der Waals surface area contributed by atoms with Crippen LogP contribution in [0.1, 0.15) is 48.1 Å². The first-order valence-electron chi connectivity index (χ1n) is 9.95. The zero-order valence-electron chi connectivity index (χ0n) is 17.5. The molecule has 0 bridgehead atoms. The molecule has 1 aliphatic rings. The maximum atomic E-state index is 11.7. The highest BCUT2D eigenvalue weighted by molar-refractivity contribution is 7.12. The number of carbonyl (C=O) groups is 1. The van der Waals surface area contributed by atoms with E-state index in [-0.39, 0.29) is 12.6 Å². The van der Waals surface area contributed by atoms with Crippen molar-refractivity contribution in [1.82, 2.24) is 0 Å². The Bertz CT molecular complexity index is 851. The monoisotopic (exact) mass is 402 g/mol. The van der Waals surface area contributed by atoms with E-state index in [1.165, 1.54) is 32.0 Å². The van der Waals surface area contributed by atoms with Crippen molar-refractivity contribution in [3.63, 3.8) is 0 Å². The van der Waals surface area contributed by atoms with E-state index < -0.39 is 5.60 Å². The number of rotatable bonds is 7. The molecular weight excluding hydrogens is 372 g/mol. The summed E-state index contributed by atoms with van der Waals surface area (Å²) in [6.45, 7) is 11.4. The van der Waals surface area contributed by atoms with Gasteiger partial charge in [-0.15, -0.1) is 11.3 Å². The molecule has 0 radical (unpaired) electrons. The van der Waals surface area contributed by atoms with Crippen molar-refractivity contribution in [2.75, 3.05) is 19.8 Å². The minimum atomic E-state index is -0.461. The first-order valence-corrected chi connectivity index (χ1v) is 10.8. The number of carbonyl (C=O) groups excluding carboxylic acids is 1. The fourth-order valence-electron chi connectivity index (χ4n) is 3.77. The van der Waals surface area contributed by atoms with E-state index in [0.29, 0.717) is 6.61 Å². The quantitative estimate of drug-likeness (QED) is 0.593. The Morgan fingerprint density at radius 3 is 2.79 bits per heavy atom. The first kappa shape index (κ1) is 20.9. The van der Waals surface area contributed by atoms with Crippen molar-refractivity contribution < 1.29 is 19.0 Å². The van der Waals surface area contributed by atoms with Crippen LogP contribution in [0.3, 0.4) is 0 Å². The molecule has 1 aromatic carbocycles. The summed E-state index contributed by atoms with van der Waals surface area (Å²) in [5, 5.41) is 0. The van der Waals surface area contributed by atoms with E-state index >= 15 is 0 Å². The topological polar surface area (TPSA) is 44.8 Å². The lowest BCUT2D eigenvalue weighted by Crippen LogP contribution is -2.31. The number of fused-ring (bicyclic) bond motifs is 1. The number of aryl methyl sites for hydroxylation is 3. The fourth-order valence-corrected chi connectivity index (χ4v) is 4.87. The molecule has 1 aliphatic heterocycles. The Labute approximate surface area is 171 Å². The van der Waals surface area contributed by atoms with Crippen molar-refractivity contribution in [3.05, 3.63) is 39.1 Å². The van der Waals surface area contributed by atoms with Crippen LogP contribution in [0.25, 0.3) is 11.1 Å². The lowest BCUT2D eigenvalue weighted by Gasteiger charge is -2.26. The molecule has 0 saturated carbocycles. The van der Waals surface area contributed by atoms with Crippen molar-refractivity contribution >= 4 is 17.3 Å². The van der Waals surface area contributed by atoms with Gasteiger partial charge in [-0.25, -0.2) is 4.79 Å². The van der Waals surface area contributed by atoms with Gasteiger partial charge in [0.15, 0.2) is 0 Å². The predicted molar refractivity (Wildman–Crippen MR) is 113 cm³/mol. The van der Waals surface area contributed by atoms with Crippen molar-refractivity contribution in [2.24, 2.45) is 0 Å². The molecule has 0 spiro atoms. The van der Waals surface area contributed by atoms with Gasteiger partial charge in [-0.3, -0.25) is 0 Å². The molecule has 5 heteroatoms. The summed E-state index contributed by atoms with van der Waals surface area (Å²) in [5.74, 6) is 0.697. The molecule has 152 valence electrons. The molecular formula is C23H30O4S. The second-order valence-corrected chi connectivity index (χ2v) is 9.30. The maximum absolute atomic E-state index is 11.7. The van der Waals surface area contributed by atoms with E-state index in [1.54, 1.807) is 6.92 Å². The number of hydrogen-bond donors (Lipinski definition) is 0. The van der Waals surface area contributed by atoms with E-state index in [0.717, 1.165) is 31.6 Å². The van der Waals surface area contributed by atoms with Crippen LogP contribution in [-0.4, -0.2) is 31.4 Å². The summed E-state index contributed by atoms with van der Waals surface area (Å²) in [7, 11) is 0. The van der Waals surface area contributed by atoms with Crippen LogP contribution in [-0.2, 0) is 27.1 Å². The minimum Gasteiger partial charge on any atom is -0.493 e. The molecule has 0 amide bonds. The highest BCUT2D eigenvalue weighted by Crippen LogP contribution is 2.40. The Hall–Kier alpha value is -1.85. The molecule has 0 N–H and O–H groups in total. The molecule has 0 fully saturated rings. The smallest absolute Gasteiger partial charge is 0.332 e. The van der Waals surface area contributed by atoms with Gasteiger partial charge in [0, 0.05) is 16.2 Å². The predicted octanol–water partition coefficient (Wildman–Crippen LogP) is 5.26. The molecule has 0 atom stereocenters. The summed E-state index contributed by atoms with van der Waals surface area (Å²) >= 11 is 1.82. The van der Waals surface area contributed by atoms with Gasteiger partial charge in [-0.1, -0.05) is 6.07 Å². The molecule has 0 unspecified atom stereocenters. The average Bonchev–Trinajstić information content (AvgIpc) is 2.92. The Morgan fingerprint density at radius 1 is 1.25 bits per heavy atom. The second-order valence-electron chi connectivity index (χ2n) is 7.87. The van der Waals surface area contributed by atoms with Crippen molar-refractivity contribution in [3.8, 4) is 16.9 Å². The third-order valence-electron chi connectivity index (χ3n) is 5.07. The SMILES string of the molecule is CCOC(=O)COC(C)(C)Cc1c(C)sc(C)c1-c1ccc2c(c1)CCCO2. The maximum Gasteiger partial charge on any atom is 0.332 e. The van der Waals surface area contributed by atoms with Gasteiger partial charge in [0.1, 0.15) is 12.4 Å². The van der Waals surface area contributed by atoms with Crippen LogP contribution in [0, 0.1) is 13.8 Å². The number of esters is 1. The van der Waals surface area contributed by atoms with Crippen LogP contribution in [0.2, 0.25) is 0 Å². The van der Waals surface area contributed by atoms with Crippen LogP contribution >= 0.6 is 11.3 Å². The van der Waals surface area contributed by atoms with Crippen LogP contribution in [0.15, 0.2) is 18.2 Å². The Kier molecular flexibility index (Phi) is 6.46. The van der Waals surface area contributed by atoms with Gasteiger partial charge in [0.05, 0.1) is 18.8 Å². The van der Waals surface area contributed by atoms with Crippen LogP contribution < -0.4 is 4.74 Å². The van der Waals surface area contributed by atoms with Gasteiger partial charge in [0.2, 0.25) is 0 Å². The molecule has 3 rings (SSSR count). The van der Waals surface area contributed by atoms with Crippen molar-refractivity contribution in [1.29, 1.82) is 0 Å². The van der Waals surface area contributed by atoms with Gasteiger partial charge in [-0.05, 0) is 81.8 Å². The standard InChI is InChI=1S/C23H30O4S/c1-6-25-21(24)14-27-23(4,5)13-19-15(2)28-16(3)22(19)18-9-10-20-17(12-18)8-7-11-26-20/h9-10,12H,6-8,11,13-14H2,1-5H3. The summed E-state index contributed by atoms with van der Waals surface area (Å²) in [6, 6.07) is 6.54. The van der Waals surface area contributed by atoms with Gasteiger partial charge in [-0.2, -0.15) is 0 Å². The van der Waals surface area contributed by atoms with E-state index in [2.05, 4.69) is 32.0 Å². The first-order chi connectivity index (χ1) is 13.3. The Balaban J connectivity index is 1.86. The van der Waals surface area contributed by atoms with E-state index in [9.17, 15) is 4.79 Å². The zero-order valence-corrected chi connectivity index (χ0v) is 18.3. The molecule has 4 nitrogen and oxygen atoms in total. The lowest BCUT2D eigenvalue weighted by atomic mass is 9.90. The van der Waals surface area contributed by atoms with Crippen LogP contribution in [0.4, 0.5) is 0 Å².